The standard InChI is InChI=1S/C7H15FN2/c1-6(4-9)10-3-2-7(8)5-10/h6-7H,2-5,9H2,1H3/t6-,7-/m1/s1. The van der Waals surface area contributed by atoms with Crippen LogP contribution >= 0.6 is 0 Å². The summed E-state index contributed by atoms with van der Waals surface area (Å²) in [5.74, 6) is 0. The Morgan fingerprint density at radius 3 is 2.90 bits per heavy atom. The fourth-order valence-corrected chi connectivity index (χ4v) is 1.29. The molecule has 0 aromatic carbocycles. The second-order valence-corrected chi connectivity index (χ2v) is 2.97. The minimum Gasteiger partial charge on any atom is -0.329 e. The SMILES string of the molecule is C[C@H](CN)N1CC[C@@H](F)C1. The van der Waals surface area contributed by atoms with Gasteiger partial charge in [-0.3, -0.25) is 4.90 Å². The zero-order chi connectivity index (χ0) is 7.56. The van der Waals surface area contributed by atoms with E-state index in [2.05, 4.69) is 4.90 Å². The number of nitrogens with zero attached hydrogens (tertiary/aromatic N) is 1. The highest BCUT2D eigenvalue weighted by Gasteiger charge is 2.24. The summed E-state index contributed by atoms with van der Waals surface area (Å²) >= 11 is 0. The summed E-state index contributed by atoms with van der Waals surface area (Å²) in [5, 5.41) is 0. The second-order valence-electron chi connectivity index (χ2n) is 2.97. The molecule has 0 aliphatic carbocycles. The van der Waals surface area contributed by atoms with Gasteiger partial charge in [-0.15, -0.1) is 0 Å². The Bertz CT molecular complexity index is 108. The Morgan fingerprint density at radius 2 is 2.50 bits per heavy atom. The van der Waals surface area contributed by atoms with E-state index in [9.17, 15) is 4.39 Å². The summed E-state index contributed by atoms with van der Waals surface area (Å²) in [5.41, 5.74) is 5.43. The van der Waals surface area contributed by atoms with Gasteiger partial charge in [0, 0.05) is 25.7 Å². The number of rotatable bonds is 2. The number of nitrogens with two attached hydrogens (primary N) is 1. The van der Waals surface area contributed by atoms with Crippen molar-refractivity contribution < 1.29 is 4.39 Å². The fourth-order valence-electron chi connectivity index (χ4n) is 1.29. The van der Waals surface area contributed by atoms with Crippen LogP contribution < -0.4 is 5.73 Å². The Hall–Kier alpha value is -0.150. The van der Waals surface area contributed by atoms with Gasteiger partial charge in [-0.25, -0.2) is 4.39 Å². The summed E-state index contributed by atoms with van der Waals surface area (Å²) in [6, 6.07) is 0.348. The number of likely N-dealkylation sites (tertiary alicyclic amines) is 1. The maximum Gasteiger partial charge on any atom is 0.114 e. The van der Waals surface area contributed by atoms with Crippen molar-refractivity contribution in [2.24, 2.45) is 5.73 Å². The monoisotopic (exact) mass is 146 g/mol. The third kappa shape index (κ3) is 1.67. The largest absolute Gasteiger partial charge is 0.329 e. The van der Waals surface area contributed by atoms with Gasteiger partial charge < -0.3 is 5.73 Å². The molecule has 0 aromatic rings. The lowest BCUT2D eigenvalue weighted by atomic mass is 10.3. The third-order valence-corrected chi connectivity index (χ3v) is 2.13. The van der Waals surface area contributed by atoms with Gasteiger partial charge in [0.25, 0.3) is 0 Å². The molecule has 1 aliphatic heterocycles. The Kier molecular flexibility index (Phi) is 2.63. The van der Waals surface area contributed by atoms with Gasteiger partial charge in [0.05, 0.1) is 0 Å². The fraction of sp³-hybridized carbons (Fsp3) is 1.00. The van der Waals surface area contributed by atoms with Gasteiger partial charge in [-0.2, -0.15) is 0 Å². The molecular weight excluding hydrogens is 131 g/mol. The Balaban J connectivity index is 2.29. The molecule has 1 aliphatic rings. The molecule has 2 N–H and O–H groups in total. The van der Waals surface area contributed by atoms with Crippen LogP contribution in [0.3, 0.4) is 0 Å². The van der Waals surface area contributed by atoms with Crippen LogP contribution in [0.25, 0.3) is 0 Å². The molecule has 2 nitrogen and oxygen atoms in total. The molecule has 0 aromatic heterocycles. The molecule has 60 valence electrons. The zero-order valence-electron chi connectivity index (χ0n) is 6.39. The second kappa shape index (κ2) is 3.30. The van der Waals surface area contributed by atoms with Crippen LogP contribution in [0.5, 0.6) is 0 Å². The highest BCUT2D eigenvalue weighted by molar-refractivity contribution is 4.79. The van der Waals surface area contributed by atoms with E-state index in [0.29, 0.717) is 25.6 Å². The molecular formula is C7H15FN2. The maximum absolute atomic E-state index is 12.6. The van der Waals surface area contributed by atoms with E-state index in [4.69, 9.17) is 5.73 Å². The van der Waals surface area contributed by atoms with E-state index >= 15 is 0 Å². The first-order valence-corrected chi connectivity index (χ1v) is 3.82. The van der Waals surface area contributed by atoms with Crippen molar-refractivity contribution in [3.63, 3.8) is 0 Å². The van der Waals surface area contributed by atoms with Crippen molar-refractivity contribution in [3.8, 4) is 0 Å². The minimum atomic E-state index is -0.617. The smallest absolute Gasteiger partial charge is 0.114 e. The number of hydrogen-bond donors (Lipinski definition) is 1. The number of halogens is 1. The van der Waals surface area contributed by atoms with Gasteiger partial charge in [0.1, 0.15) is 6.17 Å². The molecule has 0 bridgehead atoms. The van der Waals surface area contributed by atoms with Gasteiger partial charge >= 0.3 is 0 Å². The summed E-state index contributed by atoms with van der Waals surface area (Å²) in [6.07, 6.45) is 0.0682. The molecule has 1 rings (SSSR count). The normalized spacial score (nSPS) is 30.9. The van der Waals surface area contributed by atoms with E-state index in [1.165, 1.54) is 0 Å². The summed E-state index contributed by atoms with van der Waals surface area (Å²) in [6.45, 7) is 4.13. The van der Waals surface area contributed by atoms with Crippen molar-refractivity contribution >= 4 is 0 Å². The predicted octanol–water partition coefficient (Wildman–Crippen LogP) is 0.377. The van der Waals surface area contributed by atoms with Crippen molar-refractivity contribution in [1.82, 2.24) is 4.90 Å². The van der Waals surface area contributed by atoms with Crippen LogP contribution in [0.4, 0.5) is 4.39 Å². The van der Waals surface area contributed by atoms with E-state index < -0.39 is 6.17 Å². The van der Waals surface area contributed by atoms with E-state index in [-0.39, 0.29) is 0 Å². The van der Waals surface area contributed by atoms with Crippen LogP contribution in [0.15, 0.2) is 0 Å². The quantitative estimate of drug-likeness (QED) is 0.610. The molecule has 10 heavy (non-hydrogen) atoms. The summed E-state index contributed by atoms with van der Waals surface area (Å²) in [7, 11) is 0. The van der Waals surface area contributed by atoms with Gasteiger partial charge in [-0.05, 0) is 13.3 Å². The molecule has 0 saturated carbocycles. The topological polar surface area (TPSA) is 29.3 Å². The summed E-state index contributed by atoms with van der Waals surface area (Å²) in [4.78, 5) is 2.10. The van der Waals surface area contributed by atoms with E-state index in [1.807, 2.05) is 6.92 Å². The average Bonchev–Trinajstić information content (AvgIpc) is 2.34. The third-order valence-electron chi connectivity index (χ3n) is 2.13. The summed E-state index contributed by atoms with van der Waals surface area (Å²) < 4.78 is 12.6. The van der Waals surface area contributed by atoms with Crippen LogP contribution in [0.2, 0.25) is 0 Å². The number of alkyl halides is 1. The molecule has 0 radical (unpaired) electrons. The van der Waals surface area contributed by atoms with Gasteiger partial charge in [-0.1, -0.05) is 0 Å². The average molecular weight is 146 g/mol. The van der Waals surface area contributed by atoms with Crippen LogP contribution in [-0.4, -0.2) is 36.7 Å². The first-order valence-electron chi connectivity index (χ1n) is 3.82. The molecule has 0 spiro atoms. The van der Waals surface area contributed by atoms with Crippen LogP contribution in [0.1, 0.15) is 13.3 Å². The lowest BCUT2D eigenvalue weighted by molar-refractivity contribution is 0.237. The first-order chi connectivity index (χ1) is 4.74. The molecule has 0 unspecified atom stereocenters. The van der Waals surface area contributed by atoms with Crippen molar-refractivity contribution in [1.29, 1.82) is 0 Å². The van der Waals surface area contributed by atoms with Crippen molar-refractivity contribution in [2.45, 2.75) is 25.6 Å². The number of hydrogen-bond acceptors (Lipinski definition) is 2. The van der Waals surface area contributed by atoms with Crippen LogP contribution in [-0.2, 0) is 0 Å². The highest BCUT2D eigenvalue weighted by atomic mass is 19.1. The minimum absolute atomic E-state index is 0.348. The predicted molar refractivity (Wildman–Crippen MR) is 39.6 cm³/mol. The highest BCUT2D eigenvalue weighted by Crippen LogP contribution is 2.14. The molecule has 1 fully saturated rings. The molecule has 0 amide bonds. The van der Waals surface area contributed by atoms with Crippen LogP contribution in [0, 0.1) is 0 Å². The first kappa shape index (κ1) is 7.95. The molecule has 1 saturated heterocycles. The molecule has 2 atom stereocenters. The Labute approximate surface area is 61.2 Å². The van der Waals surface area contributed by atoms with Gasteiger partial charge in [0.2, 0.25) is 0 Å². The van der Waals surface area contributed by atoms with Crippen molar-refractivity contribution in [3.05, 3.63) is 0 Å². The van der Waals surface area contributed by atoms with Crippen molar-refractivity contribution in [2.75, 3.05) is 19.6 Å². The molecule has 3 heteroatoms. The van der Waals surface area contributed by atoms with Gasteiger partial charge in [0.15, 0.2) is 0 Å². The molecule has 1 heterocycles. The van der Waals surface area contributed by atoms with E-state index in [1.54, 1.807) is 0 Å². The Morgan fingerprint density at radius 1 is 1.80 bits per heavy atom. The lowest BCUT2D eigenvalue weighted by Crippen LogP contribution is -2.36. The van der Waals surface area contributed by atoms with E-state index in [0.717, 1.165) is 6.54 Å². The maximum atomic E-state index is 12.6. The lowest BCUT2D eigenvalue weighted by Gasteiger charge is -2.21. The zero-order valence-corrected chi connectivity index (χ0v) is 6.39.